The van der Waals surface area contributed by atoms with Crippen molar-refractivity contribution < 1.29 is 28.1 Å². The van der Waals surface area contributed by atoms with Gasteiger partial charge in [-0.25, -0.2) is 4.79 Å². The minimum absolute atomic E-state index is 0.202. The van der Waals surface area contributed by atoms with Crippen LogP contribution < -0.4 is 25.1 Å². The molecule has 2 aromatic carbocycles. The van der Waals surface area contributed by atoms with Gasteiger partial charge in [-0.3, -0.25) is 4.79 Å². The van der Waals surface area contributed by atoms with Crippen LogP contribution in [0.25, 0.3) is 10.9 Å². The Morgan fingerprint density at radius 2 is 1.89 bits per heavy atom. The van der Waals surface area contributed by atoms with Gasteiger partial charge in [0.2, 0.25) is 17.2 Å². The monoisotopic (exact) mass is 540 g/mol. The molecule has 1 amide bonds. The second kappa shape index (κ2) is 11.4. The van der Waals surface area contributed by atoms with Gasteiger partial charge in [0, 0.05) is 35.1 Å². The molecule has 0 spiro atoms. The molecular formula is C21H25N4O7PS2. The molecule has 14 heteroatoms. The quantitative estimate of drug-likeness (QED) is 0.458. The first kappa shape index (κ1) is 26.9. The van der Waals surface area contributed by atoms with E-state index < -0.39 is 17.6 Å². The number of carbonyl (C=O) groups excluding carboxylic acids is 1. The van der Waals surface area contributed by atoms with Crippen LogP contribution in [0, 0.1) is 0 Å². The highest BCUT2D eigenvalue weighted by molar-refractivity contribution is 8.67. The zero-order valence-electron chi connectivity index (χ0n) is 19.7. The van der Waals surface area contributed by atoms with Crippen LogP contribution in [0.1, 0.15) is 13.8 Å². The van der Waals surface area contributed by atoms with Gasteiger partial charge in [-0.15, -0.1) is 5.10 Å². The van der Waals surface area contributed by atoms with Crippen LogP contribution >= 0.6 is 17.1 Å². The van der Waals surface area contributed by atoms with E-state index in [1.165, 1.54) is 37.3 Å². The molecule has 0 radical (unpaired) electrons. The van der Waals surface area contributed by atoms with Gasteiger partial charge in [0.1, 0.15) is 11.4 Å². The predicted octanol–water partition coefficient (Wildman–Crippen LogP) is 3.91. The lowest BCUT2D eigenvalue weighted by atomic mass is 10.2. The van der Waals surface area contributed by atoms with Crippen LogP contribution in [0.3, 0.4) is 0 Å². The smallest absolute Gasteiger partial charge is 0.412 e. The second-order valence-electron chi connectivity index (χ2n) is 7.31. The van der Waals surface area contributed by atoms with E-state index >= 15 is 0 Å². The molecule has 2 heterocycles. The highest BCUT2D eigenvalue weighted by Gasteiger charge is 2.34. The van der Waals surface area contributed by atoms with E-state index in [9.17, 15) is 9.59 Å². The lowest BCUT2D eigenvalue weighted by Gasteiger charge is -2.16. The summed E-state index contributed by atoms with van der Waals surface area (Å²) >= 11 is 6.45. The maximum atomic E-state index is 12.2. The summed E-state index contributed by atoms with van der Waals surface area (Å²) in [4.78, 5) is 23.3. The third kappa shape index (κ3) is 6.71. The fraction of sp³-hybridized carbons (Fsp3) is 0.333. The van der Waals surface area contributed by atoms with Crippen LogP contribution in [-0.4, -0.2) is 48.1 Å². The fourth-order valence-electron chi connectivity index (χ4n) is 2.85. The topological polar surface area (TPSA) is 123 Å². The summed E-state index contributed by atoms with van der Waals surface area (Å²) in [6, 6.07) is 12.2. The summed E-state index contributed by atoms with van der Waals surface area (Å²) in [6.07, 6.45) is -0.540. The number of fused-ring (bicyclic) bond motifs is 2. The van der Waals surface area contributed by atoms with Crippen LogP contribution in [0.2, 0.25) is 0 Å². The number of nitrogens with zero attached hydrogens (tertiary/aromatic N) is 3. The predicted molar refractivity (Wildman–Crippen MR) is 137 cm³/mol. The number of ether oxygens (including phenoxy) is 3. The van der Waals surface area contributed by atoms with Crippen molar-refractivity contribution in [2.75, 3.05) is 21.3 Å². The highest BCUT2D eigenvalue weighted by Crippen LogP contribution is 2.60. The molecule has 1 aliphatic heterocycles. The molecule has 35 heavy (non-hydrogen) atoms. The van der Waals surface area contributed by atoms with Gasteiger partial charge in [0.25, 0.3) is 5.56 Å². The minimum Gasteiger partial charge on any atom is -0.449 e. The van der Waals surface area contributed by atoms with Crippen LogP contribution in [0.4, 0.5) is 4.79 Å². The van der Waals surface area contributed by atoms with Crippen molar-refractivity contribution in [2.24, 2.45) is 0 Å². The number of amides is 1. The molecule has 0 fully saturated rings. The number of carbonyl (C=O) groups is 1. The largest absolute Gasteiger partial charge is 0.449 e. The van der Waals surface area contributed by atoms with Gasteiger partial charge >= 0.3 is 6.09 Å². The van der Waals surface area contributed by atoms with Gasteiger partial charge in [-0.1, -0.05) is 23.4 Å². The molecule has 1 aromatic heterocycles. The molecule has 0 bridgehead atoms. The average molecular weight is 541 g/mol. The molecule has 3 aromatic rings. The zero-order chi connectivity index (χ0) is 25.6. The van der Waals surface area contributed by atoms with Crippen LogP contribution in [0.5, 0.6) is 17.2 Å². The van der Waals surface area contributed by atoms with Gasteiger partial charge < -0.3 is 28.6 Å². The fourth-order valence-corrected chi connectivity index (χ4v) is 5.44. The summed E-state index contributed by atoms with van der Waals surface area (Å²) in [7, 11) is 4.48. The Hall–Kier alpha value is -2.70. The van der Waals surface area contributed by atoms with Crippen molar-refractivity contribution in [3.05, 3.63) is 52.8 Å². The molecule has 1 aliphatic rings. The summed E-state index contributed by atoms with van der Waals surface area (Å²) in [5, 5.41) is 10.8. The number of aromatic nitrogens is 3. The lowest BCUT2D eigenvalue weighted by molar-refractivity contribution is -0.0438. The third-order valence-electron chi connectivity index (χ3n) is 4.47. The van der Waals surface area contributed by atoms with E-state index in [-0.39, 0.29) is 11.4 Å². The Balaban J connectivity index is 0.000000198. The first-order chi connectivity index (χ1) is 16.6. The molecule has 11 nitrogen and oxygen atoms in total. The Kier molecular flexibility index (Phi) is 8.73. The maximum Gasteiger partial charge on any atom is 0.412 e. The number of para-hydroxylation sites is 1. The van der Waals surface area contributed by atoms with E-state index in [0.717, 1.165) is 0 Å². The SMILES string of the molecule is CNC(=O)Oc1cccc2c1OC(C)(C)O2.COP(=S)(OC)SCn1nnc2ccccc2c1=O. The first-order valence-electron chi connectivity index (χ1n) is 10.2. The van der Waals surface area contributed by atoms with Crippen LogP contribution in [-0.2, 0) is 26.7 Å². The normalized spacial score (nSPS) is 13.6. The zero-order valence-corrected chi connectivity index (χ0v) is 22.2. The van der Waals surface area contributed by atoms with Crippen molar-refractivity contribution in [2.45, 2.75) is 25.5 Å². The molecule has 0 atom stereocenters. The van der Waals surface area contributed by atoms with Crippen molar-refractivity contribution in [1.82, 2.24) is 20.3 Å². The standard InChI is InChI=1S/C11H13NO4.C10H12N3O3PS2/c1-11(2)15-8-6-4-5-7(9(8)16-11)14-10(13)12-3;1-15-17(18,16-2)19-7-13-10(14)8-5-3-4-6-9(8)11-12-13/h4-6H,1-3H3,(H,12,13);3-6H,7H2,1-2H3. The molecule has 188 valence electrons. The molecule has 0 saturated heterocycles. The first-order valence-corrected chi connectivity index (χ1v) is 14.4. The number of hydrogen-bond donors (Lipinski definition) is 1. The molecule has 0 aliphatic carbocycles. The number of nitrogens with one attached hydrogen (secondary N) is 1. The lowest BCUT2D eigenvalue weighted by Crippen LogP contribution is -2.30. The average Bonchev–Trinajstić information content (AvgIpc) is 3.19. The summed E-state index contributed by atoms with van der Waals surface area (Å²) in [5.41, 5.74) is -2.03. The number of rotatable bonds is 6. The molecular weight excluding hydrogens is 515 g/mol. The Morgan fingerprint density at radius 3 is 2.57 bits per heavy atom. The molecule has 0 unspecified atom stereocenters. The molecule has 4 rings (SSSR count). The van der Waals surface area contributed by atoms with Gasteiger partial charge in [0.15, 0.2) is 11.5 Å². The van der Waals surface area contributed by atoms with Gasteiger partial charge in [-0.05, 0) is 47.5 Å². The number of benzene rings is 2. The Bertz CT molecular complexity index is 1310. The summed E-state index contributed by atoms with van der Waals surface area (Å²) < 4.78 is 27.6. The van der Waals surface area contributed by atoms with Crippen LogP contribution in [0.15, 0.2) is 47.3 Å². The second-order valence-corrected chi connectivity index (χ2v) is 13.8. The summed E-state index contributed by atoms with van der Waals surface area (Å²) in [6.45, 7) is 3.58. The van der Waals surface area contributed by atoms with E-state index in [1.807, 2.05) is 6.07 Å². The van der Waals surface area contributed by atoms with E-state index in [2.05, 4.69) is 15.6 Å². The highest BCUT2D eigenvalue weighted by atomic mass is 32.9. The van der Waals surface area contributed by atoms with Crippen molar-refractivity contribution in [3.8, 4) is 17.2 Å². The van der Waals surface area contributed by atoms with Crippen molar-refractivity contribution >= 4 is 45.9 Å². The van der Waals surface area contributed by atoms with Gasteiger partial charge in [0.05, 0.1) is 5.39 Å². The third-order valence-corrected chi connectivity index (χ3v) is 10.1. The Morgan fingerprint density at radius 1 is 1.17 bits per heavy atom. The Labute approximate surface area is 211 Å². The van der Waals surface area contributed by atoms with Gasteiger partial charge in [-0.2, -0.15) is 4.68 Å². The van der Waals surface area contributed by atoms with E-state index in [1.54, 1.807) is 50.2 Å². The van der Waals surface area contributed by atoms with E-state index in [0.29, 0.717) is 28.2 Å². The molecule has 0 saturated carbocycles. The number of hydrogen-bond acceptors (Lipinski definition) is 11. The minimum atomic E-state index is -2.40. The van der Waals surface area contributed by atoms with Crippen molar-refractivity contribution in [3.63, 3.8) is 0 Å². The van der Waals surface area contributed by atoms with Crippen molar-refractivity contribution in [1.29, 1.82) is 0 Å². The van der Waals surface area contributed by atoms with E-state index in [4.69, 9.17) is 35.1 Å². The maximum absolute atomic E-state index is 12.2. The molecule has 1 N–H and O–H groups in total. The summed E-state index contributed by atoms with van der Waals surface area (Å²) in [5.74, 6) is 0.894.